The summed E-state index contributed by atoms with van der Waals surface area (Å²) in [5, 5.41) is 7.48. The summed E-state index contributed by atoms with van der Waals surface area (Å²) >= 11 is 5.88. The standard InChI is InChI=1S/C18H16ClFN2O2/c1-18(17(23)21-11-12-2-8-15(20)9-3-12)10-16(22-24-18)13-4-6-14(19)7-5-13/h2-9H,10-11H2,1H3,(H,21,23). The highest BCUT2D eigenvalue weighted by molar-refractivity contribution is 6.30. The quantitative estimate of drug-likeness (QED) is 0.918. The van der Waals surface area contributed by atoms with Crippen molar-refractivity contribution in [2.45, 2.75) is 25.5 Å². The Bertz CT molecular complexity index is 775. The van der Waals surface area contributed by atoms with E-state index in [0.717, 1.165) is 11.1 Å². The highest BCUT2D eigenvalue weighted by Crippen LogP contribution is 2.27. The summed E-state index contributed by atoms with van der Waals surface area (Å²) in [5.41, 5.74) is 1.32. The molecule has 1 aliphatic rings. The van der Waals surface area contributed by atoms with Crippen molar-refractivity contribution < 1.29 is 14.0 Å². The van der Waals surface area contributed by atoms with Gasteiger partial charge in [-0.05, 0) is 42.3 Å². The fraction of sp³-hybridized carbons (Fsp3) is 0.222. The number of hydrogen-bond donors (Lipinski definition) is 1. The van der Waals surface area contributed by atoms with Gasteiger partial charge < -0.3 is 10.2 Å². The summed E-state index contributed by atoms with van der Waals surface area (Å²) in [5.74, 6) is -0.572. The summed E-state index contributed by atoms with van der Waals surface area (Å²) in [6, 6.07) is 13.2. The normalized spacial score (nSPS) is 19.5. The van der Waals surface area contributed by atoms with Crippen LogP contribution in [0.25, 0.3) is 0 Å². The Balaban J connectivity index is 1.61. The average Bonchev–Trinajstić information content (AvgIpc) is 2.98. The molecule has 1 N–H and O–H groups in total. The predicted molar refractivity (Wildman–Crippen MR) is 90.3 cm³/mol. The lowest BCUT2D eigenvalue weighted by Gasteiger charge is -2.20. The van der Waals surface area contributed by atoms with Gasteiger partial charge in [0.1, 0.15) is 5.82 Å². The zero-order chi connectivity index (χ0) is 17.2. The van der Waals surface area contributed by atoms with Gasteiger partial charge in [-0.3, -0.25) is 4.79 Å². The lowest BCUT2D eigenvalue weighted by molar-refractivity contribution is -0.141. The molecule has 0 saturated heterocycles. The Morgan fingerprint density at radius 2 is 1.92 bits per heavy atom. The first-order valence-corrected chi connectivity index (χ1v) is 7.88. The van der Waals surface area contributed by atoms with Gasteiger partial charge in [-0.15, -0.1) is 0 Å². The zero-order valence-corrected chi connectivity index (χ0v) is 13.8. The van der Waals surface area contributed by atoms with E-state index < -0.39 is 5.60 Å². The monoisotopic (exact) mass is 346 g/mol. The largest absolute Gasteiger partial charge is 0.379 e. The second-order valence-corrected chi connectivity index (χ2v) is 6.29. The number of carbonyl (C=O) groups is 1. The molecule has 1 amide bonds. The summed E-state index contributed by atoms with van der Waals surface area (Å²) in [6.45, 7) is 1.99. The van der Waals surface area contributed by atoms with Gasteiger partial charge in [-0.25, -0.2) is 4.39 Å². The highest BCUT2D eigenvalue weighted by atomic mass is 35.5. The average molecular weight is 347 g/mol. The van der Waals surface area contributed by atoms with Crippen molar-refractivity contribution in [1.82, 2.24) is 5.32 Å². The molecule has 0 fully saturated rings. The van der Waals surface area contributed by atoms with Crippen molar-refractivity contribution in [3.8, 4) is 0 Å². The van der Waals surface area contributed by atoms with Gasteiger partial charge in [-0.2, -0.15) is 0 Å². The zero-order valence-electron chi connectivity index (χ0n) is 13.1. The summed E-state index contributed by atoms with van der Waals surface area (Å²) < 4.78 is 12.9. The molecule has 6 heteroatoms. The van der Waals surface area contributed by atoms with Crippen LogP contribution in [0.1, 0.15) is 24.5 Å². The molecule has 0 spiro atoms. The third-order valence-electron chi connectivity index (χ3n) is 3.89. The fourth-order valence-electron chi connectivity index (χ4n) is 2.43. The number of carbonyl (C=O) groups excluding carboxylic acids is 1. The molecule has 2 aromatic rings. The minimum Gasteiger partial charge on any atom is -0.379 e. The van der Waals surface area contributed by atoms with Crippen LogP contribution in [-0.2, 0) is 16.2 Å². The topological polar surface area (TPSA) is 50.7 Å². The van der Waals surface area contributed by atoms with Crippen molar-refractivity contribution in [3.63, 3.8) is 0 Å². The lowest BCUT2D eigenvalue weighted by atomic mass is 9.95. The first kappa shape index (κ1) is 16.5. The summed E-state index contributed by atoms with van der Waals surface area (Å²) in [7, 11) is 0. The number of amides is 1. The van der Waals surface area contributed by atoms with E-state index in [1.807, 2.05) is 12.1 Å². The molecular formula is C18H16ClFN2O2. The third kappa shape index (κ3) is 3.57. The number of hydrogen-bond acceptors (Lipinski definition) is 3. The van der Waals surface area contributed by atoms with Crippen LogP contribution in [0.4, 0.5) is 4.39 Å². The van der Waals surface area contributed by atoms with Gasteiger partial charge in [0.15, 0.2) is 0 Å². The van der Waals surface area contributed by atoms with Gasteiger partial charge in [0.25, 0.3) is 5.91 Å². The van der Waals surface area contributed by atoms with Crippen molar-refractivity contribution >= 4 is 23.2 Å². The number of oxime groups is 1. The van der Waals surface area contributed by atoms with Crippen molar-refractivity contribution in [3.05, 3.63) is 70.5 Å². The molecule has 0 aromatic heterocycles. The van der Waals surface area contributed by atoms with E-state index in [-0.39, 0.29) is 11.7 Å². The van der Waals surface area contributed by atoms with E-state index in [4.69, 9.17) is 16.4 Å². The maximum absolute atomic E-state index is 12.9. The molecule has 0 saturated carbocycles. The van der Waals surface area contributed by atoms with Crippen LogP contribution < -0.4 is 5.32 Å². The smallest absolute Gasteiger partial charge is 0.267 e. The molecule has 0 bridgehead atoms. The molecule has 1 unspecified atom stereocenters. The molecule has 0 radical (unpaired) electrons. The van der Waals surface area contributed by atoms with E-state index in [1.54, 1.807) is 31.2 Å². The number of benzene rings is 2. The van der Waals surface area contributed by atoms with Crippen molar-refractivity contribution in [2.24, 2.45) is 5.16 Å². The van der Waals surface area contributed by atoms with Crippen LogP contribution in [0.2, 0.25) is 5.02 Å². The molecule has 1 heterocycles. The third-order valence-corrected chi connectivity index (χ3v) is 4.14. The molecular weight excluding hydrogens is 331 g/mol. The molecule has 124 valence electrons. The SMILES string of the molecule is CC1(C(=O)NCc2ccc(F)cc2)CC(c2ccc(Cl)cc2)=NO1. The van der Waals surface area contributed by atoms with Crippen molar-refractivity contribution in [2.75, 3.05) is 0 Å². The lowest BCUT2D eigenvalue weighted by Crippen LogP contribution is -2.44. The Labute approximate surface area is 144 Å². The maximum atomic E-state index is 12.9. The van der Waals surface area contributed by atoms with Crippen LogP contribution in [0.5, 0.6) is 0 Å². The van der Waals surface area contributed by atoms with E-state index in [0.29, 0.717) is 23.7 Å². The molecule has 24 heavy (non-hydrogen) atoms. The Hall–Kier alpha value is -2.40. The minimum atomic E-state index is -1.06. The molecule has 0 aliphatic carbocycles. The second-order valence-electron chi connectivity index (χ2n) is 5.85. The van der Waals surface area contributed by atoms with Gasteiger partial charge >= 0.3 is 0 Å². The Morgan fingerprint density at radius 1 is 1.25 bits per heavy atom. The van der Waals surface area contributed by atoms with Crippen molar-refractivity contribution in [1.29, 1.82) is 0 Å². The first-order valence-electron chi connectivity index (χ1n) is 7.50. The summed E-state index contributed by atoms with van der Waals surface area (Å²) in [6.07, 6.45) is 0.365. The van der Waals surface area contributed by atoms with Gasteiger partial charge in [0.05, 0.1) is 5.71 Å². The Morgan fingerprint density at radius 3 is 2.58 bits per heavy atom. The Kier molecular flexibility index (Phi) is 4.53. The van der Waals surface area contributed by atoms with E-state index in [1.165, 1.54) is 12.1 Å². The molecule has 1 aliphatic heterocycles. The number of nitrogens with one attached hydrogen (secondary N) is 1. The van der Waals surface area contributed by atoms with Crippen LogP contribution >= 0.6 is 11.6 Å². The van der Waals surface area contributed by atoms with E-state index >= 15 is 0 Å². The fourth-order valence-corrected chi connectivity index (χ4v) is 2.56. The summed E-state index contributed by atoms with van der Waals surface area (Å²) in [4.78, 5) is 17.8. The first-order chi connectivity index (χ1) is 11.5. The minimum absolute atomic E-state index is 0.264. The molecule has 4 nitrogen and oxygen atoms in total. The van der Waals surface area contributed by atoms with Gasteiger partial charge in [0, 0.05) is 18.0 Å². The van der Waals surface area contributed by atoms with E-state index in [2.05, 4.69) is 10.5 Å². The maximum Gasteiger partial charge on any atom is 0.267 e. The van der Waals surface area contributed by atoms with Crippen LogP contribution in [0, 0.1) is 5.82 Å². The van der Waals surface area contributed by atoms with Gasteiger partial charge in [0.2, 0.25) is 5.60 Å². The second kappa shape index (κ2) is 6.61. The molecule has 2 aromatic carbocycles. The number of halogens is 2. The number of nitrogens with zero attached hydrogens (tertiary/aromatic N) is 1. The van der Waals surface area contributed by atoms with Crippen LogP contribution in [0.15, 0.2) is 53.7 Å². The van der Waals surface area contributed by atoms with Gasteiger partial charge in [-0.1, -0.05) is 41.0 Å². The highest BCUT2D eigenvalue weighted by Gasteiger charge is 2.42. The van der Waals surface area contributed by atoms with E-state index in [9.17, 15) is 9.18 Å². The molecule has 1 atom stereocenters. The molecule has 3 rings (SSSR count). The van der Waals surface area contributed by atoms with Crippen LogP contribution in [0.3, 0.4) is 0 Å². The number of rotatable bonds is 4. The predicted octanol–water partition coefficient (Wildman–Crippen LogP) is 3.68. The van der Waals surface area contributed by atoms with Crippen LogP contribution in [-0.4, -0.2) is 17.2 Å².